The predicted molar refractivity (Wildman–Crippen MR) is 115 cm³/mol. The van der Waals surface area contributed by atoms with E-state index in [1.54, 1.807) is 0 Å². The minimum atomic E-state index is -0.741. The maximum absolute atomic E-state index is 12.2. The second kappa shape index (κ2) is 8.83. The van der Waals surface area contributed by atoms with Gasteiger partial charge >= 0.3 is 0 Å². The standard InChI is InChI=1S/C24H26N2O3/c1-4-17-14-18-10-11-19(15-20(18)26-23(17)27)24(3,16-25)12-13-29-22-9-7-6-8-21(22)28-5-2/h6-11,14-15H,4-5,12-13H2,1-3H3,(H,26,27). The number of rotatable bonds is 8. The lowest BCUT2D eigenvalue weighted by Crippen LogP contribution is -2.23. The molecule has 0 fully saturated rings. The van der Waals surface area contributed by atoms with Crippen LogP contribution in [-0.4, -0.2) is 18.2 Å². The fraction of sp³-hybridized carbons (Fsp3) is 0.333. The monoisotopic (exact) mass is 390 g/mol. The largest absolute Gasteiger partial charge is 0.490 e. The molecule has 150 valence electrons. The van der Waals surface area contributed by atoms with Crippen molar-refractivity contribution in [3.8, 4) is 17.6 Å². The van der Waals surface area contributed by atoms with Crippen LogP contribution in [-0.2, 0) is 11.8 Å². The first-order chi connectivity index (χ1) is 14.0. The average molecular weight is 390 g/mol. The molecule has 2 aromatic carbocycles. The molecule has 1 unspecified atom stereocenters. The number of nitriles is 1. The van der Waals surface area contributed by atoms with Gasteiger partial charge in [0.05, 0.1) is 24.7 Å². The highest BCUT2D eigenvalue weighted by Gasteiger charge is 2.27. The van der Waals surface area contributed by atoms with Gasteiger partial charge in [0.25, 0.3) is 5.56 Å². The maximum Gasteiger partial charge on any atom is 0.251 e. The summed E-state index contributed by atoms with van der Waals surface area (Å²) in [6.07, 6.45) is 1.19. The van der Waals surface area contributed by atoms with E-state index in [-0.39, 0.29) is 5.56 Å². The molecule has 3 aromatic rings. The van der Waals surface area contributed by atoms with Crippen molar-refractivity contribution in [2.24, 2.45) is 0 Å². The molecule has 0 bridgehead atoms. The van der Waals surface area contributed by atoms with Crippen LogP contribution in [0.25, 0.3) is 10.9 Å². The Morgan fingerprint density at radius 1 is 1.07 bits per heavy atom. The van der Waals surface area contributed by atoms with E-state index in [2.05, 4.69) is 11.1 Å². The number of hydrogen-bond acceptors (Lipinski definition) is 4. The molecule has 0 aliphatic carbocycles. The number of benzene rings is 2. The zero-order valence-electron chi connectivity index (χ0n) is 17.1. The third-order valence-electron chi connectivity index (χ3n) is 5.20. The van der Waals surface area contributed by atoms with E-state index in [4.69, 9.17) is 9.47 Å². The second-order valence-electron chi connectivity index (χ2n) is 7.20. The number of fused-ring (bicyclic) bond motifs is 1. The maximum atomic E-state index is 12.2. The van der Waals surface area contributed by atoms with Crippen LogP contribution < -0.4 is 15.0 Å². The molecule has 1 N–H and O–H groups in total. The molecular formula is C24H26N2O3. The molecular weight excluding hydrogens is 364 g/mol. The van der Waals surface area contributed by atoms with Gasteiger partial charge < -0.3 is 14.5 Å². The van der Waals surface area contributed by atoms with E-state index < -0.39 is 5.41 Å². The number of hydrogen-bond donors (Lipinski definition) is 1. The first-order valence-corrected chi connectivity index (χ1v) is 9.93. The van der Waals surface area contributed by atoms with Crippen molar-refractivity contribution in [3.63, 3.8) is 0 Å². The van der Waals surface area contributed by atoms with E-state index in [1.807, 2.05) is 69.3 Å². The number of para-hydroxylation sites is 2. The zero-order chi connectivity index (χ0) is 20.9. The summed E-state index contributed by atoms with van der Waals surface area (Å²) in [5.74, 6) is 1.37. The Balaban J connectivity index is 1.81. The Hall–Kier alpha value is -3.26. The van der Waals surface area contributed by atoms with Crippen LogP contribution in [0.5, 0.6) is 11.5 Å². The molecule has 0 amide bonds. The van der Waals surface area contributed by atoms with Crippen molar-refractivity contribution in [2.45, 2.75) is 39.0 Å². The minimum Gasteiger partial charge on any atom is -0.490 e. The Kier molecular flexibility index (Phi) is 6.23. The summed E-state index contributed by atoms with van der Waals surface area (Å²) in [5, 5.41) is 10.8. The smallest absolute Gasteiger partial charge is 0.251 e. The van der Waals surface area contributed by atoms with Gasteiger partial charge in [-0.2, -0.15) is 5.26 Å². The fourth-order valence-electron chi connectivity index (χ4n) is 3.33. The van der Waals surface area contributed by atoms with Gasteiger partial charge in [-0.25, -0.2) is 0 Å². The highest BCUT2D eigenvalue weighted by molar-refractivity contribution is 5.80. The Morgan fingerprint density at radius 2 is 1.79 bits per heavy atom. The van der Waals surface area contributed by atoms with Gasteiger partial charge in [0, 0.05) is 17.5 Å². The summed E-state index contributed by atoms with van der Waals surface area (Å²) in [4.78, 5) is 15.1. The molecule has 1 atom stereocenters. The summed E-state index contributed by atoms with van der Waals surface area (Å²) in [6.45, 7) is 6.71. The Morgan fingerprint density at radius 3 is 2.45 bits per heavy atom. The minimum absolute atomic E-state index is 0.0772. The van der Waals surface area contributed by atoms with E-state index >= 15 is 0 Å². The van der Waals surface area contributed by atoms with Gasteiger partial charge in [0.1, 0.15) is 0 Å². The molecule has 1 aromatic heterocycles. The van der Waals surface area contributed by atoms with Crippen LogP contribution in [0.3, 0.4) is 0 Å². The van der Waals surface area contributed by atoms with Gasteiger partial charge in [-0.1, -0.05) is 31.2 Å². The third kappa shape index (κ3) is 4.43. The summed E-state index contributed by atoms with van der Waals surface area (Å²) >= 11 is 0. The first kappa shape index (κ1) is 20.5. The van der Waals surface area contributed by atoms with E-state index in [0.717, 1.165) is 22.0 Å². The van der Waals surface area contributed by atoms with Crippen molar-refractivity contribution in [2.75, 3.05) is 13.2 Å². The van der Waals surface area contributed by atoms with Gasteiger partial charge in [-0.15, -0.1) is 0 Å². The normalized spacial score (nSPS) is 12.9. The Bertz CT molecular complexity index is 1100. The lowest BCUT2D eigenvalue weighted by molar-refractivity contribution is 0.259. The number of aryl methyl sites for hydroxylation is 1. The van der Waals surface area contributed by atoms with Gasteiger partial charge in [-0.05, 0) is 55.5 Å². The molecule has 5 nitrogen and oxygen atoms in total. The number of pyridine rings is 1. The van der Waals surface area contributed by atoms with E-state index in [0.29, 0.717) is 37.6 Å². The van der Waals surface area contributed by atoms with Crippen molar-refractivity contribution in [1.82, 2.24) is 4.98 Å². The molecule has 0 saturated heterocycles. The van der Waals surface area contributed by atoms with Gasteiger partial charge in [0.2, 0.25) is 0 Å². The molecule has 3 rings (SSSR count). The molecule has 0 spiro atoms. The van der Waals surface area contributed by atoms with Gasteiger partial charge in [-0.3, -0.25) is 4.79 Å². The van der Waals surface area contributed by atoms with Crippen molar-refractivity contribution < 1.29 is 9.47 Å². The highest BCUT2D eigenvalue weighted by atomic mass is 16.5. The van der Waals surface area contributed by atoms with Crippen LogP contribution in [0.4, 0.5) is 0 Å². The lowest BCUT2D eigenvalue weighted by Gasteiger charge is -2.23. The third-order valence-corrected chi connectivity index (χ3v) is 5.20. The number of H-pyrrole nitrogens is 1. The highest BCUT2D eigenvalue weighted by Crippen LogP contribution is 2.31. The molecule has 0 aliphatic heterocycles. The zero-order valence-corrected chi connectivity index (χ0v) is 17.1. The number of ether oxygens (including phenoxy) is 2. The summed E-state index contributed by atoms with van der Waals surface area (Å²) < 4.78 is 11.5. The topological polar surface area (TPSA) is 75.1 Å². The van der Waals surface area contributed by atoms with E-state index in [1.165, 1.54) is 0 Å². The van der Waals surface area contributed by atoms with Crippen LogP contribution in [0, 0.1) is 11.3 Å². The number of aromatic nitrogens is 1. The first-order valence-electron chi connectivity index (χ1n) is 9.93. The van der Waals surface area contributed by atoms with Crippen molar-refractivity contribution in [3.05, 3.63) is 70.0 Å². The predicted octanol–water partition coefficient (Wildman–Crippen LogP) is 4.74. The van der Waals surface area contributed by atoms with Crippen LogP contribution in [0.1, 0.15) is 38.3 Å². The fourth-order valence-corrected chi connectivity index (χ4v) is 3.33. The number of nitrogens with zero attached hydrogens (tertiary/aromatic N) is 1. The number of aromatic amines is 1. The van der Waals surface area contributed by atoms with E-state index in [9.17, 15) is 10.1 Å². The van der Waals surface area contributed by atoms with Crippen LogP contribution in [0.2, 0.25) is 0 Å². The van der Waals surface area contributed by atoms with Crippen LogP contribution in [0.15, 0.2) is 53.3 Å². The summed E-state index contributed by atoms with van der Waals surface area (Å²) in [6, 6.07) is 17.7. The molecule has 1 heterocycles. The second-order valence-corrected chi connectivity index (χ2v) is 7.20. The number of nitrogens with one attached hydrogen (secondary N) is 1. The summed E-state index contributed by atoms with van der Waals surface area (Å²) in [7, 11) is 0. The Labute approximate surface area is 170 Å². The average Bonchev–Trinajstić information content (AvgIpc) is 2.74. The molecule has 0 aliphatic rings. The lowest BCUT2D eigenvalue weighted by atomic mass is 9.81. The SMILES string of the molecule is CCOc1ccccc1OCCC(C)(C#N)c1ccc2cc(CC)c(=O)[nH]c2c1. The molecule has 0 saturated carbocycles. The quantitative estimate of drug-likeness (QED) is 0.603. The van der Waals surface area contributed by atoms with Gasteiger partial charge in [0.15, 0.2) is 11.5 Å². The van der Waals surface area contributed by atoms with Crippen molar-refractivity contribution >= 4 is 10.9 Å². The van der Waals surface area contributed by atoms with Crippen molar-refractivity contribution in [1.29, 1.82) is 5.26 Å². The summed E-state index contributed by atoms with van der Waals surface area (Å²) in [5.41, 5.74) is 1.54. The molecule has 0 radical (unpaired) electrons. The van der Waals surface area contributed by atoms with Crippen LogP contribution >= 0.6 is 0 Å². The molecule has 5 heteroatoms. The molecule has 29 heavy (non-hydrogen) atoms.